The molecule has 9 heteroatoms. The summed E-state index contributed by atoms with van der Waals surface area (Å²) in [5.41, 5.74) is 1.59. The van der Waals surface area contributed by atoms with Crippen LogP contribution < -0.4 is 14.4 Å². The number of ether oxygens (including phenoxy) is 1. The largest absolute Gasteiger partial charge is 0.494 e. The van der Waals surface area contributed by atoms with Crippen LogP contribution in [0.15, 0.2) is 54.6 Å². The number of carbonyl (C=O) groups excluding carboxylic acids is 2. The van der Waals surface area contributed by atoms with Crippen molar-refractivity contribution in [2.24, 2.45) is 0 Å². The number of carbonyl (C=O) groups is 2. The van der Waals surface area contributed by atoms with Gasteiger partial charge in [-0.15, -0.1) is 0 Å². The van der Waals surface area contributed by atoms with Crippen molar-refractivity contribution in [2.75, 3.05) is 37.3 Å². The van der Waals surface area contributed by atoms with Gasteiger partial charge in [0.25, 0.3) is 0 Å². The Balaban J connectivity index is 2.11. The lowest BCUT2D eigenvalue weighted by atomic mass is 10.1. The molecule has 35 heavy (non-hydrogen) atoms. The Morgan fingerprint density at radius 1 is 1.00 bits per heavy atom. The van der Waals surface area contributed by atoms with E-state index in [9.17, 15) is 18.0 Å². The Labute approximate surface area is 209 Å². The topological polar surface area (TPSA) is 96.0 Å². The van der Waals surface area contributed by atoms with Gasteiger partial charge in [0.05, 0.1) is 18.6 Å². The first-order valence-electron chi connectivity index (χ1n) is 12.0. The smallest absolute Gasteiger partial charge is 0.242 e. The van der Waals surface area contributed by atoms with Gasteiger partial charge >= 0.3 is 0 Å². The third-order valence-electron chi connectivity index (χ3n) is 5.70. The Bertz CT molecular complexity index is 1040. The fourth-order valence-electron chi connectivity index (χ4n) is 3.94. The lowest BCUT2D eigenvalue weighted by Crippen LogP contribution is -2.49. The van der Waals surface area contributed by atoms with Crippen LogP contribution in [0.2, 0.25) is 0 Å². The molecule has 1 N–H and O–H groups in total. The zero-order valence-electron chi connectivity index (χ0n) is 21.1. The zero-order chi connectivity index (χ0) is 25.8. The molecule has 0 heterocycles. The molecule has 2 amide bonds. The van der Waals surface area contributed by atoms with Gasteiger partial charge in [-0.3, -0.25) is 13.9 Å². The molecule has 1 atom stereocenters. The van der Waals surface area contributed by atoms with Gasteiger partial charge in [0.15, 0.2) is 0 Å². The molecule has 0 radical (unpaired) electrons. The summed E-state index contributed by atoms with van der Waals surface area (Å²) in [7, 11) is -1.98. The van der Waals surface area contributed by atoms with Gasteiger partial charge in [-0.1, -0.05) is 37.3 Å². The second-order valence-corrected chi connectivity index (χ2v) is 10.1. The predicted molar refractivity (Wildman–Crippen MR) is 139 cm³/mol. The number of anilines is 1. The molecule has 192 valence electrons. The van der Waals surface area contributed by atoms with Crippen molar-refractivity contribution in [1.29, 1.82) is 0 Å². The molecule has 0 aromatic heterocycles. The Hall–Kier alpha value is -3.07. The second kappa shape index (κ2) is 13.7. The highest BCUT2D eigenvalue weighted by molar-refractivity contribution is 7.92. The average Bonchev–Trinajstić information content (AvgIpc) is 2.84. The van der Waals surface area contributed by atoms with Crippen LogP contribution in [0.3, 0.4) is 0 Å². The molecule has 0 fully saturated rings. The molecule has 2 aromatic rings. The minimum absolute atomic E-state index is 0.130. The lowest BCUT2D eigenvalue weighted by Gasteiger charge is -2.30. The first-order valence-corrected chi connectivity index (χ1v) is 13.8. The van der Waals surface area contributed by atoms with E-state index in [0.29, 0.717) is 43.9 Å². The number of hydrogen-bond donors (Lipinski definition) is 1. The first kappa shape index (κ1) is 28.2. The first-order chi connectivity index (χ1) is 16.7. The van der Waals surface area contributed by atoms with Crippen LogP contribution in [0.4, 0.5) is 5.69 Å². The van der Waals surface area contributed by atoms with E-state index in [1.165, 1.54) is 4.31 Å². The number of sulfonamides is 1. The van der Waals surface area contributed by atoms with Crippen LogP contribution >= 0.6 is 0 Å². The summed E-state index contributed by atoms with van der Waals surface area (Å²) >= 11 is 0. The summed E-state index contributed by atoms with van der Waals surface area (Å²) < 4.78 is 31.6. The summed E-state index contributed by atoms with van der Waals surface area (Å²) in [6.45, 7) is 4.84. The maximum Gasteiger partial charge on any atom is 0.242 e. The van der Waals surface area contributed by atoms with Crippen LogP contribution in [0.25, 0.3) is 0 Å². The monoisotopic (exact) mass is 503 g/mol. The molecular formula is C26H37N3O5S. The fraction of sp³-hybridized carbons (Fsp3) is 0.462. The number of nitrogens with one attached hydrogen (secondary N) is 1. The molecular weight excluding hydrogens is 466 g/mol. The van der Waals surface area contributed by atoms with E-state index in [1.54, 1.807) is 36.2 Å². The highest BCUT2D eigenvalue weighted by atomic mass is 32.2. The van der Waals surface area contributed by atoms with E-state index in [1.807, 2.05) is 44.2 Å². The van der Waals surface area contributed by atoms with E-state index in [2.05, 4.69) is 5.32 Å². The fourth-order valence-corrected chi connectivity index (χ4v) is 4.91. The van der Waals surface area contributed by atoms with Gasteiger partial charge in [-0.25, -0.2) is 8.42 Å². The molecule has 2 rings (SSSR count). The number of amides is 2. The van der Waals surface area contributed by atoms with Gasteiger partial charge in [-0.05, 0) is 56.0 Å². The summed E-state index contributed by atoms with van der Waals surface area (Å²) in [6.07, 6.45) is 2.72. The standard InChI is InChI=1S/C26H37N3O5S/c1-5-24(26(31)27-3)28(20-18-21-11-8-7-9-12-21)25(30)13-10-19-29(35(4,32)33)22-14-16-23(17-15-22)34-6-2/h7-9,11-12,14-17,24H,5-6,10,13,18-20H2,1-4H3,(H,27,31)/t24-/m0/s1. The number of benzene rings is 2. The third-order valence-corrected chi connectivity index (χ3v) is 6.90. The number of hydrogen-bond acceptors (Lipinski definition) is 5. The lowest BCUT2D eigenvalue weighted by molar-refractivity contribution is -0.140. The maximum absolute atomic E-state index is 13.2. The van der Waals surface area contributed by atoms with Crippen LogP contribution in [0.5, 0.6) is 5.75 Å². The van der Waals surface area contributed by atoms with Crippen LogP contribution in [0.1, 0.15) is 38.7 Å². The highest BCUT2D eigenvalue weighted by Gasteiger charge is 2.27. The van der Waals surface area contributed by atoms with Gasteiger partial charge in [0.2, 0.25) is 21.8 Å². The molecule has 0 saturated carbocycles. The Morgan fingerprint density at radius 3 is 2.20 bits per heavy atom. The summed E-state index contributed by atoms with van der Waals surface area (Å²) in [4.78, 5) is 27.3. The predicted octanol–water partition coefficient (Wildman–Crippen LogP) is 3.23. The van der Waals surface area contributed by atoms with E-state index >= 15 is 0 Å². The molecule has 0 saturated heterocycles. The molecule has 0 spiro atoms. The quantitative estimate of drug-likeness (QED) is 0.427. The van der Waals surface area contributed by atoms with E-state index < -0.39 is 16.1 Å². The van der Waals surface area contributed by atoms with E-state index in [0.717, 1.165) is 11.8 Å². The zero-order valence-corrected chi connectivity index (χ0v) is 21.9. The minimum Gasteiger partial charge on any atom is -0.494 e. The average molecular weight is 504 g/mol. The van der Waals surface area contributed by atoms with Crippen molar-refractivity contribution in [1.82, 2.24) is 10.2 Å². The van der Waals surface area contributed by atoms with Crippen molar-refractivity contribution in [3.8, 4) is 5.75 Å². The Morgan fingerprint density at radius 2 is 1.66 bits per heavy atom. The Kier molecular flexibility index (Phi) is 11.0. The number of likely N-dealkylation sites (N-methyl/N-ethyl adjacent to an activating group) is 1. The van der Waals surface area contributed by atoms with Crippen molar-refractivity contribution >= 4 is 27.5 Å². The maximum atomic E-state index is 13.2. The van der Waals surface area contributed by atoms with Crippen molar-refractivity contribution in [3.63, 3.8) is 0 Å². The van der Waals surface area contributed by atoms with Crippen molar-refractivity contribution in [2.45, 2.75) is 45.6 Å². The van der Waals surface area contributed by atoms with Gasteiger partial charge in [0, 0.05) is 26.6 Å². The molecule has 2 aromatic carbocycles. The number of rotatable bonds is 14. The van der Waals surface area contributed by atoms with E-state index in [-0.39, 0.29) is 24.8 Å². The van der Waals surface area contributed by atoms with Crippen molar-refractivity contribution < 1.29 is 22.7 Å². The molecule has 0 aliphatic heterocycles. The second-order valence-electron chi connectivity index (χ2n) is 8.23. The van der Waals surface area contributed by atoms with Crippen LogP contribution in [-0.4, -0.2) is 64.2 Å². The van der Waals surface area contributed by atoms with Crippen molar-refractivity contribution in [3.05, 3.63) is 60.2 Å². The molecule has 8 nitrogen and oxygen atoms in total. The van der Waals surface area contributed by atoms with E-state index in [4.69, 9.17) is 4.74 Å². The third kappa shape index (κ3) is 8.58. The summed E-state index contributed by atoms with van der Waals surface area (Å²) in [5.74, 6) is 0.284. The molecule has 0 bridgehead atoms. The SMILES string of the molecule is CCOc1ccc(N(CCCC(=O)N(CCc2ccccc2)[C@@H](CC)C(=O)NC)S(C)(=O)=O)cc1. The molecule has 0 aliphatic carbocycles. The van der Waals surface area contributed by atoms with Gasteiger partial charge in [-0.2, -0.15) is 0 Å². The van der Waals surface area contributed by atoms with Gasteiger partial charge < -0.3 is 15.0 Å². The number of nitrogens with zero attached hydrogens (tertiary/aromatic N) is 2. The summed E-state index contributed by atoms with van der Waals surface area (Å²) in [5, 5.41) is 2.65. The molecule has 0 aliphatic rings. The minimum atomic E-state index is -3.54. The van der Waals surface area contributed by atoms with Crippen LogP contribution in [-0.2, 0) is 26.0 Å². The molecule has 0 unspecified atom stereocenters. The highest BCUT2D eigenvalue weighted by Crippen LogP contribution is 2.22. The van der Waals surface area contributed by atoms with Crippen LogP contribution in [0, 0.1) is 0 Å². The summed E-state index contributed by atoms with van der Waals surface area (Å²) in [6, 6.07) is 16.1. The van der Waals surface area contributed by atoms with Gasteiger partial charge in [0.1, 0.15) is 11.8 Å². The normalized spacial score (nSPS) is 12.0.